The molecule has 1 atom stereocenters. The van der Waals surface area contributed by atoms with Crippen LogP contribution >= 0.6 is 0 Å². The summed E-state index contributed by atoms with van der Waals surface area (Å²) in [5.74, 6) is -0.00613. The molecule has 2 aliphatic rings. The molecule has 3 rings (SSSR count). The monoisotopic (exact) mass is 305 g/mol. The zero-order chi connectivity index (χ0) is 15.4. The summed E-state index contributed by atoms with van der Waals surface area (Å²) in [5.41, 5.74) is 0.943. The lowest BCUT2D eigenvalue weighted by Gasteiger charge is -2.37. The number of hydrogen-bond acceptors (Lipinski definition) is 3. The molecule has 120 valence electrons. The normalized spacial score (nSPS) is 23.5. The van der Waals surface area contributed by atoms with Gasteiger partial charge in [0.2, 0.25) is 5.91 Å². The van der Waals surface area contributed by atoms with Crippen molar-refractivity contribution in [2.45, 2.75) is 25.3 Å². The van der Waals surface area contributed by atoms with Crippen molar-refractivity contribution in [3.63, 3.8) is 0 Å². The van der Waals surface area contributed by atoms with E-state index in [1.54, 1.807) is 12.1 Å². The number of carbonyl (C=O) groups excluding carboxylic acids is 1. The Morgan fingerprint density at radius 1 is 1.23 bits per heavy atom. The smallest absolute Gasteiger partial charge is 0.236 e. The van der Waals surface area contributed by atoms with E-state index >= 15 is 0 Å². The van der Waals surface area contributed by atoms with E-state index in [1.165, 1.54) is 12.5 Å². The van der Waals surface area contributed by atoms with E-state index in [4.69, 9.17) is 0 Å². The molecule has 1 amide bonds. The maximum Gasteiger partial charge on any atom is 0.236 e. The Morgan fingerprint density at radius 2 is 2.05 bits per heavy atom. The van der Waals surface area contributed by atoms with E-state index in [0.717, 1.165) is 51.1 Å². The Balaban J connectivity index is 1.68. The Bertz CT molecular complexity index is 516. The van der Waals surface area contributed by atoms with Gasteiger partial charge in [0, 0.05) is 38.8 Å². The van der Waals surface area contributed by atoms with Crippen LogP contribution in [0.3, 0.4) is 0 Å². The van der Waals surface area contributed by atoms with Crippen LogP contribution in [0.4, 0.5) is 4.39 Å². The topological polar surface area (TPSA) is 35.6 Å². The van der Waals surface area contributed by atoms with E-state index in [0.29, 0.717) is 6.54 Å². The lowest BCUT2D eigenvalue weighted by atomic mass is 10.0. The van der Waals surface area contributed by atoms with Crippen molar-refractivity contribution < 1.29 is 9.18 Å². The predicted octanol–water partition coefficient (Wildman–Crippen LogP) is 1.78. The van der Waals surface area contributed by atoms with Gasteiger partial charge in [-0.2, -0.15) is 0 Å². The van der Waals surface area contributed by atoms with Crippen LogP contribution in [0, 0.1) is 5.82 Å². The van der Waals surface area contributed by atoms with Gasteiger partial charge in [-0.25, -0.2) is 4.39 Å². The zero-order valence-electron chi connectivity index (χ0n) is 12.9. The van der Waals surface area contributed by atoms with Gasteiger partial charge < -0.3 is 10.2 Å². The zero-order valence-corrected chi connectivity index (χ0v) is 12.9. The third-order valence-electron chi connectivity index (χ3n) is 4.63. The Hall–Kier alpha value is -1.46. The number of piperidine rings is 1. The molecule has 1 unspecified atom stereocenters. The number of likely N-dealkylation sites (tertiary alicyclic amines) is 1. The van der Waals surface area contributed by atoms with Gasteiger partial charge in [-0.3, -0.25) is 9.69 Å². The molecule has 2 fully saturated rings. The minimum Gasteiger partial charge on any atom is -0.342 e. The predicted molar refractivity (Wildman–Crippen MR) is 84.0 cm³/mol. The number of nitrogens with zero attached hydrogens (tertiary/aromatic N) is 2. The number of benzene rings is 1. The van der Waals surface area contributed by atoms with Crippen LogP contribution in [0.5, 0.6) is 0 Å². The number of hydrogen-bond donors (Lipinski definition) is 1. The summed E-state index contributed by atoms with van der Waals surface area (Å²) in [5, 5.41) is 3.35. The van der Waals surface area contributed by atoms with Gasteiger partial charge in [0.25, 0.3) is 0 Å². The highest BCUT2D eigenvalue weighted by Crippen LogP contribution is 2.23. The summed E-state index contributed by atoms with van der Waals surface area (Å²) < 4.78 is 13.5. The second-order valence-electron chi connectivity index (χ2n) is 6.19. The first-order chi connectivity index (χ1) is 10.7. The second-order valence-corrected chi connectivity index (χ2v) is 6.19. The SMILES string of the molecule is O=C(CN1CCNCC1c1cccc(F)c1)N1CCCCC1. The standard InChI is InChI=1S/C17H24FN3O/c18-15-6-4-5-14(11-15)16-12-19-7-10-21(16)13-17(22)20-8-2-1-3-9-20/h4-6,11,16,19H,1-3,7-10,12-13H2. The molecule has 2 heterocycles. The van der Waals surface area contributed by atoms with E-state index in [1.807, 2.05) is 11.0 Å². The molecule has 0 saturated carbocycles. The van der Waals surface area contributed by atoms with Gasteiger partial charge in [-0.1, -0.05) is 12.1 Å². The summed E-state index contributed by atoms with van der Waals surface area (Å²) in [4.78, 5) is 16.7. The lowest BCUT2D eigenvalue weighted by Crippen LogP contribution is -2.50. The molecule has 1 N–H and O–H groups in total. The highest BCUT2D eigenvalue weighted by Gasteiger charge is 2.27. The van der Waals surface area contributed by atoms with Gasteiger partial charge >= 0.3 is 0 Å². The molecule has 5 heteroatoms. The van der Waals surface area contributed by atoms with Crippen molar-refractivity contribution >= 4 is 5.91 Å². The van der Waals surface area contributed by atoms with Crippen molar-refractivity contribution in [1.82, 2.24) is 15.1 Å². The van der Waals surface area contributed by atoms with Crippen molar-refractivity contribution in [1.29, 1.82) is 0 Å². The summed E-state index contributed by atoms with van der Waals surface area (Å²) in [6.07, 6.45) is 3.45. The number of halogens is 1. The van der Waals surface area contributed by atoms with E-state index in [-0.39, 0.29) is 17.8 Å². The number of nitrogens with one attached hydrogen (secondary N) is 1. The molecule has 22 heavy (non-hydrogen) atoms. The maximum absolute atomic E-state index is 13.5. The molecule has 0 aromatic heterocycles. The molecule has 0 radical (unpaired) electrons. The molecule has 4 nitrogen and oxygen atoms in total. The van der Waals surface area contributed by atoms with Crippen molar-refractivity contribution in [3.05, 3.63) is 35.6 Å². The van der Waals surface area contributed by atoms with E-state index < -0.39 is 0 Å². The van der Waals surface area contributed by atoms with E-state index in [2.05, 4.69) is 10.2 Å². The quantitative estimate of drug-likeness (QED) is 0.925. The minimum atomic E-state index is -0.217. The molecule has 1 aromatic carbocycles. The van der Waals surface area contributed by atoms with Gasteiger partial charge in [-0.15, -0.1) is 0 Å². The molecule has 2 aliphatic heterocycles. The van der Waals surface area contributed by atoms with E-state index in [9.17, 15) is 9.18 Å². The van der Waals surface area contributed by atoms with Crippen molar-refractivity contribution in [2.24, 2.45) is 0 Å². The molecular weight excluding hydrogens is 281 g/mol. The lowest BCUT2D eigenvalue weighted by molar-refractivity contribution is -0.134. The van der Waals surface area contributed by atoms with Crippen LogP contribution in [0.2, 0.25) is 0 Å². The van der Waals surface area contributed by atoms with Gasteiger partial charge in [0.05, 0.1) is 6.54 Å². The largest absolute Gasteiger partial charge is 0.342 e. The van der Waals surface area contributed by atoms with Crippen LogP contribution in [0.15, 0.2) is 24.3 Å². The minimum absolute atomic E-state index is 0.0678. The first kappa shape index (κ1) is 15.4. The van der Waals surface area contributed by atoms with Crippen LogP contribution in [-0.4, -0.2) is 55.0 Å². The molecule has 1 aromatic rings. The van der Waals surface area contributed by atoms with Crippen molar-refractivity contribution in [2.75, 3.05) is 39.3 Å². The number of carbonyl (C=O) groups is 1. The number of amides is 1. The average molecular weight is 305 g/mol. The van der Waals surface area contributed by atoms with Gasteiger partial charge in [0.15, 0.2) is 0 Å². The highest BCUT2D eigenvalue weighted by atomic mass is 19.1. The third kappa shape index (κ3) is 3.65. The van der Waals surface area contributed by atoms with Crippen LogP contribution in [-0.2, 0) is 4.79 Å². The molecule has 2 saturated heterocycles. The fourth-order valence-corrected chi connectivity index (χ4v) is 3.40. The molecular formula is C17H24FN3O. The van der Waals surface area contributed by atoms with Crippen LogP contribution in [0.1, 0.15) is 30.9 Å². The Labute approximate surface area is 131 Å². The Morgan fingerprint density at radius 3 is 2.82 bits per heavy atom. The van der Waals surface area contributed by atoms with Crippen LogP contribution in [0.25, 0.3) is 0 Å². The van der Waals surface area contributed by atoms with Gasteiger partial charge in [0.1, 0.15) is 5.82 Å². The second kappa shape index (κ2) is 7.20. The number of piperazine rings is 1. The first-order valence-corrected chi connectivity index (χ1v) is 8.22. The maximum atomic E-state index is 13.5. The van der Waals surface area contributed by atoms with Gasteiger partial charge in [-0.05, 0) is 37.0 Å². The average Bonchev–Trinajstić information content (AvgIpc) is 2.56. The molecule has 0 bridgehead atoms. The summed E-state index contributed by atoms with van der Waals surface area (Å²) >= 11 is 0. The summed E-state index contributed by atoms with van der Waals surface area (Å²) in [6, 6.07) is 6.79. The molecule has 0 aliphatic carbocycles. The third-order valence-corrected chi connectivity index (χ3v) is 4.63. The Kier molecular flexibility index (Phi) is 5.05. The highest BCUT2D eigenvalue weighted by molar-refractivity contribution is 5.78. The number of rotatable bonds is 3. The summed E-state index contributed by atoms with van der Waals surface area (Å²) in [6.45, 7) is 4.66. The fraction of sp³-hybridized carbons (Fsp3) is 0.588. The first-order valence-electron chi connectivity index (χ1n) is 8.22. The van der Waals surface area contributed by atoms with Crippen molar-refractivity contribution in [3.8, 4) is 0 Å². The van der Waals surface area contributed by atoms with Crippen LogP contribution < -0.4 is 5.32 Å². The molecule has 0 spiro atoms. The fourth-order valence-electron chi connectivity index (χ4n) is 3.40. The summed E-state index contributed by atoms with van der Waals surface area (Å²) in [7, 11) is 0.